The predicted octanol–water partition coefficient (Wildman–Crippen LogP) is 5.70. The number of hydrogen-bond donors (Lipinski definition) is 1. The molecule has 5 nitrogen and oxygen atoms in total. The molecule has 1 unspecified atom stereocenters. The third-order valence-electron chi connectivity index (χ3n) is 6.18. The molecule has 0 saturated carbocycles. The van der Waals surface area contributed by atoms with Gasteiger partial charge >= 0.3 is 0 Å². The Kier molecular flexibility index (Phi) is 7.29. The molecule has 0 aliphatic carbocycles. The quantitative estimate of drug-likeness (QED) is 0.489. The molecule has 2 aromatic carbocycles. The van der Waals surface area contributed by atoms with Crippen LogP contribution in [0.15, 0.2) is 54.7 Å². The van der Waals surface area contributed by atoms with Crippen LogP contribution >= 0.6 is 11.6 Å². The van der Waals surface area contributed by atoms with Crippen molar-refractivity contribution >= 4 is 23.5 Å². The van der Waals surface area contributed by atoms with E-state index in [9.17, 15) is 4.79 Å². The topological polar surface area (TPSA) is 58.1 Å². The van der Waals surface area contributed by atoms with Crippen LogP contribution in [-0.4, -0.2) is 28.5 Å². The molecule has 33 heavy (non-hydrogen) atoms. The van der Waals surface area contributed by atoms with Crippen molar-refractivity contribution in [2.24, 2.45) is 0 Å². The van der Waals surface area contributed by atoms with Crippen LogP contribution in [0.5, 0.6) is 0 Å². The summed E-state index contributed by atoms with van der Waals surface area (Å²) in [5, 5.41) is 3.73. The smallest absolute Gasteiger partial charge is 0.254 e. The van der Waals surface area contributed by atoms with Crippen molar-refractivity contribution in [2.75, 3.05) is 11.4 Å². The highest BCUT2D eigenvalue weighted by molar-refractivity contribution is 6.30. The highest BCUT2D eigenvalue weighted by Gasteiger charge is 2.29. The summed E-state index contributed by atoms with van der Waals surface area (Å²) in [7, 11) is 0. The van der Waals surface area contributed by atoms with Gasteiger partial charge in [0, 0.05) is 23.8 Å². The van der Waals surface area contributed by atoms with Gasteiger partial charge in [0.05, 0.1) is 17.3 Å². The highest BCUT2D eigenvalue weighted by atomic mass is 35.5. The lowest BCUT2D eigenvalue weighted by Crippen LogP contribution is -2.32. The van der Waals surface area contributed by atoms with Gasteiger partial charge in [0.25, 0.3) is 5.91 Å². The zero-order valence-electron chi connectivity index (χ0n) is 19.5. The van der Waals surface area contributed by atoms with E-state index in [1.807, 2.05) is 32.0 Å². The molecule has 2 heterocycles. The Bertz CT molecular complexity index is 1110. The number of anilines is 1. The molecule has 1 saturated heterocycles. The van der Waals surface area contributed by atoms with E-state index in [-0.39, 0.29) is 18.0 Å². The molecule has 1 aliphatic rings. The molecule has 1 aliphatic heterocycles. The van der Waals surface area contributed by atoms with E-state index in [0.717, 1.165) is 36.5 Å². The number of nitrogens with one attached hydrogen (secondary N) is 1. The Morgan fingerprint density at radius 2 is 1.91 bits per heavy atom. The monoisotopic (exact) mass is 462 g/mol. The number of amides is 1. The predicted molar refractivity (Wildman–Crippen MR) is 134 cm³/mol. The minimum Gasteiger partial charge on any atom is -0.350 e. The lowest BCUT2D eigenvalue weighted by atomic mass is 10.0. The van der Waals surface area contributed by atoms with Crippen molar-refractivity contribution in [3.8, 4) is 0 Å². The van der Waals surface area contributed by atoms with Crippen LogP contribution in [-0.2, 0) is 12.8 Å². The zero-order chi connectivity index (χ0) is 23.4. The average Bonchev–Trinajstić information content (AvgIpc) is 3.28. The van der Waals surface area contributed by atoms with E-state index < -0.39 is 0 Å². The summed E-state index contributed by atoms with van der Waals surface area (Å²) in [6.07, 6.45) is 5.32. The van der Waals surface area contributed by atoms with Crippen LogP contribution in [0, 0.1) is 6.92 Å². The number of halogens is 1. The van der Waals surface area contributed by atoms with Gasteiger partial charge in [-0.1, -0.05) is 48.0 Å². The van der Waals surface area contributed by atoms with Crippen LogP contribution < -0.4 is 10.2 Å². The van der Waals surface area contributed by atoms with Gasteiger partial charge in [-0.3, -0.25) is 4.79 Å². The normalized spacial score (nSPS) is 15.8. The second-order valence-corrected chi connectivity index (χ2v) is 9.42. The first-order valence-electron chi connectivity index (χ1n) is 11.7. The highest BCUT2D eigenvalue weighted by Crippen LogP contribution is 2.35. The van der Waals surface area contributed by atoms with Crippen molar-refractivity contribution in [1.82, 2.24) is 15.3 Å². The van der Waals surface area contributed by atoms with Gasteiger partial charge in [0.2, 0.25) is 5.95 Å². The number of nitrogens with zero attached hydrogens (tertiary/aromatic N) is 3. The number of aryl methyl sites for hydroxylation is 3. The second kappa shape index (κ2) is 10.3. The SMILES string of the molecule is Cc1ccccc1CCc1nc(N2CCCC2c2ccc(Cl)cc2)ncc1C(=O)NC(C)C. The Morgan fingerprint density at radius 1 is 1.15 bits per heavy atom. The number of hydrogen-bond acceptors (Lipinski definition) is 4. The molecule has 1 amide bonds. The third-order valence-corrected chi connectivity index (χ3v) is 6.43. The Balaban J connectivity index is 1.64. The Labute approximate surface area is 201 Å². The van der Waals surface area contributed by atoms with Crippen LogP contribution in [0.2, 0.25) is 5.02 Å². The summed E-state index contributed by atoms with van der Waals surface area (Å²) < 4.78 is 0. The van der Waals surface area contributed by atoms with E-state index in [1.165, 1.54) is 16.7 Å². The van der Waals surface area contributed by atoms with E-state index in [1.54, 1.807) is 6.20 Å². The van der Waals surface area contributed by atoms with Gasteiger partial charge in [-0.2, -0.15) is 0 Å². The number of rotatable bonds is 7. The van der Waals surface area contributed by atoms with Crippen molar-refractivity contribution in [1.29, 1.82) is 0 Å². The molecule has 6 heteroatoms. The largest absolute Gasteiger partial charge is 0.350 e. The maximum atomic E-state index is 12.9. The van der Waals surface area contributed by atoms with Crippen LogP contribution in [0.1, 0.15) is 65.5 Å². The Hall–Kier alpha value is -2.92. The molecule has 0 radical (unpaired) electrons. The number of carbonyl (C=O) groups is 1. The zero-order valence-corrected chi connectivity index (χ0v) is 20.3. The fourth-order valence-electron chi connectivity index (χ4n) is 4.45. The molecule has 1 aromatic heterocycles. The molecule has 172 valence electrons. The minimum absolute atomic E-state index is 0.0502. The maximum absolute atomic E-state index is 12.9. The summed E-state index contributed by atoms with van der Waals surface area (Å²) in [5.74, 6) is 0.570. The molecule has 0 bridgehead atoms. The van der Waals surface area contributed by atoms with Crippen molar-refractivity contribution in [3.63, 3.8) is 0 Å². The van der Waals surface area contributed by atoms with E-state index in [4.69, 9.17) is 16.6 Å². The summed E-state index contributed by atoms with van der Waals surface area (Å²) >= 11 is 6.10. The summed E-state index contributed by atoms with van der Waals surface area (Å²) in [5.41, 5.74) is 5.09. The maximum Gasteiger partial charge on any atom is 0.254 e. The molecule has 1 atom stereocenters. The fraction of sp³-hybridized carbons (Fsp3) is 0.370. The second-order valence-electron chi connectivity index (χ2n) is 8.99. The van der Waals surface area contributed by atoms with E-state index in [2.05, 4.69) is 52.5 Å². The fourth-order valence-corrected chi connectivity index (χ4v) is 4.57. The first-order chi connectivity index (χ1) is 15.9. The molecule has 1 N–H and O–H groups in total. The first kappa shape index (κ1) is 23.2. The molecular formula is C27H31ClN4O. The Morgan fingerprint density at radius 3 is 2.64 bits per heavy atom. The van der Waals surface area contributed by atoms with Crippen molar-refractivity contribution < 1.29 is 4.79 Å². The van der Waals surface area contributed by atoms with Crippen LogP contribution in [0.3, 0.4) is 0 Å². The van der Waals surface area contributed by atoms with Gasteiger partial charge in [-0.25, -0.2) is 9.97 Å². The average molecular weight is 463 g/mol. The molecule has 0 spiro atoms. The van der Waals surface area contributed by atoms with Crippen LogP contribution in [0.4, 0.5) is 5.95 Å². The molecular weight excluding hydrogens is 432 g/mol. The minimum atomic E-state index is -0.119. The lowest BCUT2D eigenvalue weighted by Gasteiger charge is -2.26. The van der Waals surface area contributed by atoms with Gasteiger partial charge in [0.1, 0.15) is 0 Å². The van der Waals surface area contributed by atoms with Crippen molar-refractivity contribution in [2.45, 2.75) is 58.5 Å². The number of carbonyl (C=O) groups excluding carboxylic acids is 1. The number of aromatic nitrogens is 2. The molecule has 3 aromatic rings. The molecule has 1 fully saturated rings. The third kappa shape index (κ3) is 5.53. The standard InChI is InChI=1S/C27H31ClN4O/c1-18(2)30-26(33)23-17-29-27(31-24(23)15-12-20-8-5-4-7-19(20)3)32-16-6-9-25(32)21-10-13-22(28)14-11-21/h4-5,7-8,10-11,13-14,17-18,25H,6,9,12,15-16H2,1-3H3,(H,30,33). The van der Waals surface area contributed by atoms with Gasteiger partial charge < -0.3 is 10.2 Å². The summed E-state index contributed by atoms with van der Waals surface area (Å²) in [6, 6.07) is 16.6. The number of benzene rings is 2. The van der Waals surface area contributed by atoms with Crippen LogP contribution in [0.25, 0.3) is 0 Å². The van der Waals surface area contributed by atoms with Gasteiger partial charge in [-0.05, 0) is 75.3 Å². The van der Waals surface area contributed by atoms with E-state index in [0.29, 0.717) is 17.9 Å². The van der Waals surface area contributed by atoms with Gasteiger partial charge in [0.15, 0.2) is 0 Å². The van der Waals surface area contributed by atoms with Gasteiger partial charge in [-0.15, -0.1) is 0 Å². The summed E-state index contributed by atoms with van der Waals surface area (Å²) in [4.78, 5) is 24.7. The van der Waals surface area contributed by atoms with E-state index >= 15 is 0 Å². The molecule has 4 rings (SSSR count). The summed E-state index contributed by atoms with van der Waals surface area (Å²) in [6.45, 7) is 6.93. The lowest BCUT2D eigenvalue weighted by molar-refractivity contribution is 0.0941. The first-order valence-corrected chi connectivity index (χ1v) is 12.0. The van der Waals surface area contributed by atoms with Crippen molar-refractivity contribution in [3.05, 3.63) is 87.7 Å².